The van der Waals surface area contributed by atoms with Gasteiger partial charge < -0.3 is 20.1 Å². The van der Waals surface area contributed by atoms with E-state index in [0.29, 0.717) is 41.5 Å². The standard InChI is InChI=1S/C19H22N8O3/c1-11-7-17(26-24-11)21-16-9-15(20-5-6-29-2)22-19(23-16)30-10-12-3-4-13-14(8-12)25-27-18(13)28/h3-4,7-9H,5-6,10H2,1-2H3,(H2,25,27,28)(H3,20,21,22,23,24,26). The van der Waals surface area contributed by atoms with E-state index in [1.54, 1.807) is 19.2 Å². The number of hydrogen-bond acceptors (Lipinski definition) is 8. The Morgan fingerprint density at radius 2 is 1.93 bits per heavy atom. The molecule has 0 spiro atoms. The molecule has 5 N–H and O–H groups in total. The molecule has 4 aromatic rings. The lowest BCUT2D eigenvalue weighted by Gasteiger charge is -2.11. The second-order valence-corrected chi connectivity index (χ2v) is 6.65. The van der Waals surface area contributed by atoms with Crippen LogP contribution in [0.25, 0.3) is 10.9 Å². The van der Waals surface area contributed by atoms with Gasteiger partial charge in [-0.2, -0.15) is 15.1 Å². The van der Waals surface area contributed by atoms with Crippen molar-refractivity contribution in [2.24, 2.45) is 0 Å². The van der Waals surface area contributed by atoms with Crippen LogP contribution in [0.1, 0.15) is 11.3 Å². The maximum atomic E-state index is 11.6. The first-order chi connectivity index (χ1) is 14.6. The van der Waals surface area contributed by atoms with E-state index in [1.165, 1.54) is 0 Å². The molecule has 0 radical (unpaired) electrons. The van der Waals surface area contributed by atoms with Gasteiger partial charge in [0.1, 0.15) is 18.2 Å². The van der Waals surface area contributed by atoms with E-state index in [0.717, 1.165) is 11.3 Å². The zero-order valence-corrected chi connectivity index (χ0v) is 16.6. The van der Waals surface area contributed by atoms with E-state index in [9.17, 15) is 4.79 Å². The van der Waals surface area contributed by atoms with Gasteiger partial charge in [-0.1, -0.05) is 6.07 Å². The number of fused-ring (bicyclic) bond motifs is 1. The van der Waals surface area contributed by atoms with Crippen molar-refractivity contribution in [3.63, 3.8) is 0 Å². The number of aromatic amines is 3. The molecule has 1 aromatic carbocycles. The number of methoxy groups -OCH3 is 1. The number of ether oxygens (including phenoxy) is 2. The number of anilines is 3. The molecule has 0 fully saturated rings. The van der Waals surface area contributed by atoms with Gasteiger partial charge in [-0.15, -0.1) is 0 Å². The van der Waals surface area contributed by atoms with Crippen LogP contribution < -0.4 is 20.9 Å². The lowest BCUT2D eigenvalue weighted by molar-refractivity contribution is 0.210. The van der Waals surface area contributed by atoms with Gasteiger partial charge in [-0.05, 0) is 24.6 Å². The number of nitrogens with one attached hydrogen (secondary N) is 5. The molecule has 0 aliphatic rings. The number of benzene rings is 1. The number of hydrogen-bond donors (Lipinski definition) is 5. The molecule has 0 atom stereocenters. The van der Waals surface area contributed by atoms with Crippen molar-refractivity contribution in [2.45, 2.75) is 13.5 Å². The highest BCUT2D eigenvalue weighted by molar-refractivity contribution is 5.78. The lowest BCUT2D eigenvalue weighted by atomic mass is 10.2. The Hall–Kier alpha value is -3.86. The van der Waals surface area contributed by atoms with E-state index < -0.39 is 0 Å². The fourth-order valence-corrected chi connectivity index (χ4v) is 2.86. The second-order valence-electron chi connectivity index (χ2n) is 6.65. The van der Waals surface area contributed by atoms with Crippen molar-refractivity contribution in [1.82, 2.24) is 30.4 Å². The summed E-state index contributed by atoms with van der Waals surface area (Å²) in [6, 6.07) is 9.27. The zero-order chi connectivity index (χ0) is 20.9. The first-order valence-corrected chi connectivity index (χ1v) is 9.34. The first kappa shape index (κ1) is 19.5. The third kappa shape index (κ3) is 4.58. The Labute approximate surface area is 171 Å². The van der Waals surface area contributed by atoms with Gasteiger partial charge in [0.05, 0.1) is 17.5 Å². The molecule has 0 amide bonds. The normalized spacial score (nSPS) is 11.0. The summed E-state index contributed by atoms with van der Waals surface area (Å²) in [5, 5.41) is 19.3. The monoisotopic (exact) mass is 410 g/mol. The van der Waals surface area contributed by atoms with Crippen LogP contribution in [0.5, 0.6) is 6.01 Å². The quantitative estimate of drug-likeness (QED) is 0.264. The van der Waals surface area contributed by atoms with Crippen molar-refractivity contribution in [3.8, 4) is 6.01 Å². The third-order valence-electron chi connectivity index (χ3n) is 4.29. The minimum Gasteiger partial charge on any atom is -0.458 e. The van der Waals surface area contributed by atoms with Crippen molar-refractivity contribution in [1.29, 1.82) is 0 Å². The topological polar surface area (TPSA) is 146 Å². The Morgan fingerprint density at radius 1 is 1.07 bits per heavy atom. The van der Waals surface area contributed by atoms with E-state index in [-0.39, 0.29) is 18.2 Å². The molecule has 0 saturated carbocycles. The zero-order valence-electron chi connectivity index (χ0n) is 16.6. The summed E-state index contributed by atoms with van der Waals surface area (Å²) in [4.78, 5) is 20.5. The molecule has 0 saturated heterocycles. The second kappa shape index (κ2) is 8.66. The number of nitrogens with zero attached hydrogens (tertiary/aromatic N) is 3. The highest BCUT2D eigenvalue weighted by Crippen LogP contribution is 2.20. The maximum absolute atomic E-state index is 11.6. The Kier molecular flexibility index (Phi) is 5.61. The molecule has 0 unspecified atom stereocenters. The minimum absolute atomic E-state index is 0.153. The lowest BCUT2D eigenvalue weighted by Crippen LogP contribution is -2.11. The van der Waals surface area contributed by atoms with Crippen molar-refractivity contribution < 1.29 is 9.47 Å². The highest BCUT2D eigenvalue weighted by atomic mass is 16.5. The largest absolute Gasteiger partial charge is 0.458 e. The number of aryl methyl sites for hydroxylation is 1. The SMILES string of the molecule is COCCNc1cc(Nc2cc(C)[nH]n2)nc(OCc2ccc3c(=O)[nH][nH]c3c2)n1. The number of H-pyrrole nitrogens is 3. The minimum atomic E-state index is -0.153. The van der Waals surface area contributed by atoms with Gasteiger partial charge >= 0.3 is 6.01 Å². The molecule has 0 aliphatic carbocycles. The van der Waals surface area contributed by atoms with Crippen LogP contribution in [0.4, 0.5) is 17.5 Å². The molecule has 3 heterocycles. The number of rotatable bonds is 9. The summed E-state index contributed by atoms with van der Waals surface area (Å²) in [5.74, 6) is 1.77. The van der Waals surface area contributed by atoms with Crippen LogP contribution in [0.15, 0.2) is 35.1 Å². The average molecular weight is 410 g/mol. The smallest absolute Gasteiger partial charge is 0.320 e. The Morgan fingerprint density at radius 3 is 2.73 bits per heavy atom. The van der Waals surface area contributed by atoms with E-state index in [4.69, 9.17) is 9.47 Å². The maximum Gasteiger partial charge on any atom is 0.320 e. The van der Waals surface area contributed by atoms with Crippen LogP contribution in [0.3, 0.4) is 0 Å². The molecule has 3 aromatic heterocycles. The van der Waals surface area contributed by atoms with Gasteiger partial charge in [-0.25, -0.2) is 0 Å². The van der Waals surface area contributed by atoms with E-state index in [2.05, 4.69) is 41.0 Å². The van der Waals surface area contributed by atoms with Gasteiger partial charge in [0.15, 0.2) is 5.82 Å². The summed E-state index contributed by atoms with van der Waals surface area (Å²) < 4.78 is 10.9. The molecule has 30 heavy (non-hydrogen) atoms. The van der Waals surface area contributed by atoms with Crippen molar-refractivity contribution in [3.05, 3.63) is 51.9 Å². The highest BCUT2D eigenvalue weighted by Gasteiger charge is 2.09. The summed E-state index contributed by atoms with van der Waals surface area (Å²) in [7, 11) is 1.64. The molecular weight excluding hydrogens is 388 g/mol. The molecule has 156 valence electrons. The molecule has 0 aliphatic heterocycles. The van der Waals surface area contributed by atoms with Gasteiger partial charge in [-0.3, -0.25) is 20.1 Å². The van der Waals surface area contributed by atoms with Crippen LogP contribution >= 0.6 is 0 Å². The van der Waals surface area contributed by atoms with Crippen LogP contribution in [0.2, 0.25) is 0 Å². The summed E-state index contributed by atoms with van der Waals surface area (Å²) in [5.41, 5.74) is 2.37. The summed E-state index contributed by atoms with van der Waals surface area (Å²) in [6.45, 7) is 3.28. The third-order valence-corrected chi connectivity index (χ3v) is 4.29. The summed E-state index contributed by atoms with van der Waals surface area (Å²) >= 11 is 0. The fraction of sp³-hybridized carbons (Fsp3) is 0.263. The predicted molar refractivity (Wildman–Crippen MR) is 112 cm³/mol. The summed E-state index contributed by atoms with van der Waals surface area (Å²) in [6.07, 6.45) is 0. The fourth-order valence-electron chi connectivity index (χ4n) is 2.86. The molecular formula is C19H22N8O3. The molecule has 11 nitrogen and oxygen atoms in total. The van der Waals surface area contributed by atoms with E-state index in [1.807, 2.05) is 25.1 Å². The van der Waals surface area contributed by atoms with E-state index >= 15 is 0 Å². The Balaban J connectivity index is 1.52. The number of aromatic nitrogens is 6. The van der Waals surface area contributed by atoms with Crippen LogP contribution in [-0.4, -0.2) is 50.6 Å². The van der Waals surface area contributed by atoms with Crippen molar-refractivity contribution in [2.75, 3.05) is 30.9 Å². The van der Waals surface area contributed by atoms with Gasteiger partial charge in [0.25, 0.3) is 5.56 Å². The molecule has 11 heteroatoms. The van der Waals surface area contributed by atoms with Crippen molar-refractivity contribution >= 4 is 28.4 Å². The molecule has 4 rings (SSSR count). The van der Waals surface area contributed by atoms with Crippen LogP contribution in [0, 0.1) is 6.92 Å². The Bertz CT molecular complexity index is 1200. The first-order valence-electron chi connectivity index (χ1n) is 9.34. The predicted octanol–water partition coefficient (Wildman–Crippen LogP) is 2.06. The van der Waals surface area contributed by atoms with Crippen LogP contribution in [-0.2, 0) is 11.3 Å². The molecule has 0 bridgehead atoms. The average Bonchev–Trinajstić information content (AvgIpc) is 3.31. The van der Waals surface area contributed by atoms with Gasteiger partial charge in [0, 0.05) is 31.5 Å². The van der Waals surface area contributed by atoms with Gasteiger partial charge in [0.2, 0.25) is 0 Å².